The standard InChI is InChI=1S/C14H23ClN2/c1-10(14(2,3)4)17(5)9-11-8-12(16)6-7-13(11)15/h6-8,10H,9,16H2,1-5H3. The van der Waals surface area contributed by atoms with Crippen LogP contribution in [-0.2, 0) is 6.54 Å². The Labute approximate surface area is 110 Å². The first-order valence-corrected chi connectivity index (χ1v) is 6.33. The fourth-order valence-corrected chi connectivity index (χ4v) is 1.96. The molecule has 2 nitrogen and oxygen atoms in total. The number of hydrogen-bond acceptors (Lipinski definition) is 2. The van der Waals surface area contributed by atoms with Crippen LogP contribution in [0.2, 0.25) is 5.02 Å². The number of benzene rings is 1. The Morgan fingerprint density at radius 2 is 1.94 bits per heavy atom. The number of nitrogens with two attached hydrogens (primary N) is 1. The summed E-state index contributed by atoms with van der Waals surface area (Å²) in [7, 11) is 2.12. The summed E-state index contributed by atoms with van der Waals surface area (Å²) < 4.78 is 0. The minimum atomic E-state index is 0.252. The van der Waals surface area contributed by atoms with Crippen molar-refractivity contribution in [1.82, 2.24) is 4.90 Å². The van der Waals surface area contributed by atoms with E-state index in [0.29, 0.717) is 6.04 Å². The second kappa shape index (κ2) is 5.28. The lowest BCUT2D eigenvalue weighted by atomic mass is 9.87. The fourth-order valence-electron chi connectivity index (χ4n) is 1.78. The van der Waals surface area contributed by atoms with Crippen molar-refractivity contribution in [1.29, 1.82) is 0 Å². The van der Waals surface area contributed by atoms with E-state index < -0.39 is 0 Å². The molecular formula is C14H23ClN2. The van der Waals surface area contributed by atoms with E-state index in [1.807, 2.05) is 18.2 Å². The quantitative estimate of drug-likeness (QED) is 0.832. The first-order chi connectivity index (χ1) is 7.71. The van der Waals surface area contributed by atoms with Crippen LogP contribution in [-0.4, -0.2) is 18.0 Å². The molecule has 0 aliphatic heterocycles. The molecule has 0 heterocycles. The predicted molar refractivity (Wildman–Crippen MR) is 76.2 cm³/mol. The number of rotatable bonds is 3. The average Bonchev–Trinajstić information content (AvgIpc) is 2.21. The predicted octanol–water partition coefficient (Wildman–Crippen LogP) is 3.79. The molecule has 0 aromatic heterocycles. The van der Waals surface area contributed by atoms with Crippen molar-refractivity contribution in [3.8, 4) is 0 Å². The highest BCUT2D eigenvalue weighted by Crippen LogP contribution is 2.26. The van der Waals surface area contributed by atoms with E-state index in [2.05, 4.69) is 39.6 Å². The zero-order chi connectivity index (χ0) is 13.2. The lowest BCUT2D eigenvalue weighted by Crippen LogP contribution is -2.38. The monoisotopic (exact) mass is 254 g/mol. The van der Waals surface area contributed by atoms with E-state index in [0.717, 1.165) is 22.8 Å². The highest BCUT2D eigenvalue weighted by Gasteiger charge is 2.24. The van der Waals surface area contributed by atoms with Crippen LogP contribution in [0.25, 0.3) is 0 Å². The Morgan fingerprint density at radius 1 is 1.35 bits per heavy atom. The SMILES string of the molecule is CC(N(C)Cc1cc(N)ccc1Cl)C(C)(C)C. The Morgan fingerprint density at radius 3 is 2.47 bits per heavy atom. The summed E-state index contributed by atoms with van der Waals surface area (Å²) in [6.45, 7) is 9.79. The van der Waals surface area contributed by atoms with Gasteiger partial charge in [0.15, 0.2) is 0 Å². The molecule has 0 saturated heterocycles. The van der Waals surface area contributed by atoms with Gasteiger partial charge in [0.1, 0.15) is 0 Å². The molecule has 0 radical (unpaired) electrons. The van der Waals surface area contributed by atoms with Crippen LogP contribution in [0.3, 0.4) is 0 Å². The van der Waals surface area contributed by atoms with Crippen molar-refractivity contribution in [2.45, 2.75) is 40.3 Å². The number of nitrogens with zero attached hydrogens (tertiary/aromatic N) is 1. The minimum Gasteiger partial charge on any atom is -0.399 e. The van der Waals surface area contributed by atoms with Crippen LogP contribution < -0.4 is 5.73 Å². The van der Waals surface area contributed by atoms with Gasteiger partial charge in [-0.05, 0) is 43.1 Å². The van der Waals surface area contributed by atoms with E-state index in [1.54, 1.807) is 0 Å². The molecule has 1 unspecified atom stereocenters. The van der Waals surface area contributed by atoms with Gasteiger partial charge in [0.05, 0.1) is 0 Å². The molecule has 17 heavy (non-hydrogen) atoms. The Bertz CT molecular complexity index is 382. The number of hydrogen-bond donors (Lipinski definition) is 1. The van der Waals surface area contributed by atoms with Gasteiger partial charge < -0.3 is 5.73 Å². The first-order valence-electron chi connectivity index (χ1n) is 5.96. The fraction of sp³-hybridized carbons (Fsp3) is 0.571. The number of anilines is 1. The second-order valence-corrected chi connectivity index (χ2v) is 6.22. The molecule has 0 spiro atoms. The van der Waals surface area contributed by atoms with Gasteiger partial charge in [-0.2, -0.15) is 0 Å². The molecule has 1 aromatic carbocycles. The van der Waals surface area contributed by atoms with Crippen LogP contribution in [0, 0.1) is 5.41 Å². The second-order valence-electron chi connectivity index (χ2n) is 5.81. The molecule has 1 rings (SSSR count). The third-order valence-electron chi connectivity index (χ3n) is 3.40. The van der Waals surface area contributed by atoms with Gasteiger partial charge in [-0.15, -0.1) is 0 Å². The van der Waals surface area contributed by atoms with Crippen molar-refractivity contribution < 1.29 is 0 Å². The molecule has 96 valence electrons. The zero-order valence-corrected chi connectivity index (χ0v) is 12.2. The summed E-state index contributed by atoms with van der Waals surface area (Å²) in [5, 5.41) is 0.784. The van der Waals surface area contributed by atoms with Crippen LogP contribution >= 0.6 is 11.6 Å². The first kappa shape index (κ1) is 14.3. The van der Waals surface area contributed by atoms with E-state index in [9.17, 15) is 0 Å². The van der Waals surface area contributed by atoms with Crippen LogP contribution in [0.1, 0.15) is 33.3 Å². The topological polar surface area (TPSA) is 29.3 Å². The lowest BCUT2D eigenvalue weighted by molar-refractivity contribution is 0.135. The van der Waals surface area contributed by atoms with E-state index in [1.165, 1.54) is 0 Å². The number of halogens is 1. The van der Waals surface area contributed by atoms with E-state index in [4.69, 9.17) is 17.3 Å². The smallest absolute Gasteiger partial charge is 0.0452 e. The van der Waals surface area contributed by atoms with Crippen molar-refractivity contribution in [3.05, 3.63) is 28.8 Å². The summed E-state index contributed by atoms with van der Waals surface area (Å²) in [5.74, 6) is 0. The zero-order valence-electron chi connectivity index (χ0n) is 11.4. The third kappa shape index (κ3) is 3.90. The molecule has 0 amide bonds. The van der Waals surface area contributed by atoms with E-state index in [-0.39, 0.29) is 5.41 Å². The maximum atomic E-state index is 6.18. The van der Waals surface area contributed by atoms with Crippen molar-refractivity contribution >= 4 is 17.3 Å². The maximum Gasteiger partial charge on any atom is 0.0452 e. The average molecular weight is 255 g/mol. The minimum absolute atomic E-state index is 0.252. The molecule has 1 atom stereocenters. The normalized spacial score (nSPS) is 14.1. The van der Waals surface area contributed by atoms with Gasteiger partial charge in [-0.25, -0.2) is 0 Å². The summed E-state index contributed by atoms with van der Waals surface area (Å²) in [4.78, 5) is 2.31. The summed E-state index contributed by atoms with van der Waals surface area (Å²) in [6.07, 6.45) is 0. The highest BCUT2D eigenvalue weighted by atomic mass is 35.5. The van der Waals surface area contributed by atoms with Gasteiger partial charge in [-0.3, -0.25) is 4.90 Å². The van der Waals surface area contributed by atoms with Gasteiger partial charge in [0.25, 0.3) is 0 Å². The third-order valence-corrected chi connectivity index (χ3v) is 3.77. The Balaban J connectivity index is 2.81. The van der Waals surface area contributed by atoms with Crippen LogP contribution in [0.5, 0.6) is 0 Å². The van der Waals surface area contributed by atoms with Gasteiger partial charge in [0, 0.05) is 23.3 Å². The Hall–Kier alpha value is -0.730. The van der Waals surface area contributed by atoms with Gasteiger partial charge in [0.2, 0.25) is 0 Å². The van der Waals surface area contributed by atoms with Gasteiger partial charge >= 0.3 is 0 Å². The molecule has 0 saturated carbocycles. The Kier molecular flexibility index (Phi) is 4.45. The van der Waals surface area contributed by atoms with Gasteiger partial charge in [-0.1, -0.05) is 32.4 Å². The molecular weight excluding hydrogens is 232 g/mol. The summed E-state index contributed by atoms with van der Waals surface area (Å²) in [6, 6.07) is 6.12. The molecule has 3 heteroatoms. The van der Waals surface area contributed by atoms with Crippen molar-refractivity contribution in [3.63, 3.8) is 0 Å². The van der Waals surface area contributed by atoms with Crippen molar-refractivity contribution in [2.75, 3.05) is 12.8 Å². The maximum absolute atomic E-state index is 6.18. The molecule has 0 fully saturated rings. The molecule has 0 bridgehead atoms. The molecule has 2 N–H and O–H groups in total. The summed E-state index contributed by atoms with van der Waals surface area (Å²) >= 11 is 6.18. The van der Waals surface area contributed by atoms with Crippen LogP contribution in [0.4, 0.5) is 5.69 Å². The molecule has 1 aromatic rings. The van der Waals surface area contributed by atoms with Crippen LogP contribution in [0.15, 0.2) is 18.2 Å². The number of nitrogen functional groups attached to an aromatic ring is 1. The van der Waals surface area contributed by atoms with E-state index >= 15 is 0 Å². The van der Waals surface area contributed by atoms with Crippen molar-refractivity contribution in [2.24, 2.45) is 5.41 Å². The summed E-state index contributed by atoms with van der Waals surface area (Å²) in [5.41, 5.74) is 7.89. The molecule has 0 aliphatic rings. The lowest BCUT2D eigenvalue weighted by Gasteiger charge is -2.35. The molecule has 0 aliphatic carbocycles. The highest BCUT2D eigenvalue weighted by molar-refractivity contribution is 6.31. The largest absolute Gasteiger partial charge is 0.399 e.